The van der Waals surface area contributed by atoms with Crippen LogP contribution in [0.3, 0.4) is 0 Å². The second-order valence-corrected chi connectivity index (χ2v) is 19.2. The van der Waals surface area contributed by atoms with E-state index in [0.29, 0.717) is 19.3 Å². The van der Waals surface area contributed by atoms with Crippen molar-refractivity contribution < 1.29 is 28.6 Å². The number of carbonyl (C=O) groups excluding carboxylic acids is 3. The Bertz CT molecular complexity index is 1460. The Labute approximate surface area is 438 Å². The largest absolute Gasteiger partial charge is 0.462 e. The SMILES string of the molecule is CC/C=C\C/C=C\C/C=C\C/C=C\CCCCCCC(=O)OC[C@H](COC(=O)CCC/C=C\C/C=C\C/C=C\CCCCCCCC)OC(=O)CCCCCCCCCCC/C=C\C/C=C\CCCCC. The number of allylic oxidation sites excluding steroid dienone is 18. The van der Waals surface area contributed by atoms with Crippen molar-refractivity contribution in [3.63, 3.8) is 0 Å². The smallest absolute Gasteiger partial charge is 0.306 e. The molecule has 0 N–H and O–H groups in total. The number of hydrogen-bond acceptors (Lipinski definition) is 6. The van der Waals surface area contributed by atoms with E-state index in [9.17, 15) is 14.4 Å². The average Bonchev–Trinajstić information content (AvgIpc) is 3.37. The Morgan fingerprint density at radius 2 is 0.563 bits per heavy atom. The first-order chi connectivity index (χ1) is 35.0. The molecule has 0 aliphatic rings. The molecule has 0 saturated heterocycles. The van der Waals surface area contributed by atoms with E-state index in [-0.39, 0.29) is 37.5 Å². The lowest BCUT2D eigenvalue weighted by atomic mass is 10.1. The van der Waals surface area contributed by atoms with Crippen molar-refractivity contribution in [2.75, 3.05) is 13.2 Å². The maximum atomic E-state index is 12.9. The van der Waals surface area contributed by atoms with Crippen LogP contribution in [0.2, 0.25) is 0 Å². The second-order valence-electron chi connectivity index (χ2n) is 19.2. The zero-order valence-corrected chi connectivity index (χ0v) is 46.2. The zero-order chi connectivity index (χ0) is 51.4. The van der Waals surface area contributed by atoms with Crippen molar-refractivity contribution in [2.45, 2.75) is 271 Å². The molecule has 1 atom stereocenters. The van der Waals surface area contributed by atoms with Gasteiger partial charge in [0.1, 0.15) is 13.2 Å². The minimum Gasteiger partial charge on any atom is -0.462 e. The van der Waals surface area contributed by atoms with Crippen LogP contribution in [0.5, 0.6) is 0 Å². The standard InChI is InChI=1S/C65H108O6/c1-4-7-10-13-16-19-22-25-28-31-32-35-38-41-44-47-50-53-56-59-65(68)71-62(60-69-63(66)57-54-51-48-45-42-39-36-33-29-26-23-20-17-14-11-8-5-2)61-70-64(67)58-55-52-49-46-43-40-37-34-30-27-24-21-18-15-12-9-6-3/h8,11,16-17,19-20,25-30,36-37,39-40,46,49,62H,4-7,9-10,12-15,18,21-24,31-35,38,41-45,47-48,50-61H2,1-3H3/b11-8-,19-16-,20-17-,28-25-,29-26-,30-27-,39-36-,40-37-,49-46-/t62-/m1/s1. The molecule has 0 bridgehead atoms. The van der Waals surface area contributed by atoms with Crippen LogP contribution in [0.1, 0.15) is 265 Å². The van der Waals surface area contributed by atoms with Gasteiger partial charge in [-0.3, -0.25) is 14.4 Å². The Morgan fingerprint density at radius 3 is 0.944 bits per heavy atom. The van der Waals surface area contributed by atoms with Gasteiger partial charge in [0.25, 0.3) is 0 Å². The molecule has 0 radical (unpaired) electrons. The Kier molecular flexibility index (Phi) is 55.4. The van der Waals surface area contributed by atoms with Crippen LogP contribution in [-0.4, -0.2) is 37.2 Å². The molecule has 0 rings (SSSR count). The topological polar surface area (TPSA) is 78.9 Å². The van der Waals surface area contributed by atoms with Crippen LogP contribution >= 0.6 is 0 Å². The van der Waals surface area contributed by atoms with Crippen molar-refractivity contribution in [2.24, 2.45) is 0 Å². The highest BCUT2D eigenvalue weighted by molar-refractivity contribution is 5.71. The molecule has 0 amide bonds. The van der Waals surface area contributed by atoms with E-state index in [1.54, 1.807) is 0 Å². The fourth-order valence-corrected chi connectivity index (χ4v) is 7.83. The monoisotopic (exact) mass is 985 g/mol. The molecule has 0 heterocycles. The first-order valence-electron chi connectivity index (χ1n) is 29.4. The number of rotatable bonds is 52. The minimum absolute atomic E-state index is 0.109. The summed E-state index contributed by atoms with van der Waals surface area (Å²) >= 11 is 0. The molecule has 6 heteroatoms. The normalized spacial score (nSPS) is 12.9. The third kappa shape index (κ3) is 56.9. The van der Waals surface area contributed by atoms with Gasteiger partial charge in [0, 0.05) is 19.3 Å². The highest BCUT2D eigenvalue weighted by Crippen LogP contribution is 2.14. The molecule has 0 aromatic rings. The fourth-order valence-electron chi connectivity index (χ4n) is 7.83. The molecular weight excluding hydrogens is 877 g/mol. The summed E-state index contributed by atoms with van der Waals surface area (Å²) in [4.78, 5) is 38.2. The van der Waals surface area contributed by atoms with Crippen molar-refractivity contribution in [3.8, 4) is 0 Å². The summed E-state index contributed by atoms with van der Waals surface area (Å²) in [5, 5.41) is 0. The van der Waals surface area contributed by atoms with Crippen LogP contribution < -0.4 is 0 Å². The molecule has 0 unspecified atom stereocenters. The van der Waals surface area contributed by atoms with E-state index in [1.807, 2.05) is 0 Å². The second kappa shape index (κ2) is 58.6. The van der Waals surface area contributed by atoms with Crippen LogP contribution in [-0.2, 0) is 28.6 Å². The molecule has 71 heavy (non-hydrogen) atoms. The fraction of sp³-hybridized carbons (Fsp3) is 0.677. The van der Waals surface area contributed by atoms with E-state index in [0.717, 1.165) is 103 Å². The van der Waals surface area contributed by atoms with Gasteiger partial charge in [0.2, 0.25) is 0 Å². The summed E-state index contributed by atoms with van der Waals surface area (Å²) in [6.07, 6.45) is 79.4. The molecule has 0 aliphatic heterocycles. The van der Waals surface area contributed by atoms with Crippen LogP contribution in [0.25, 0.3) is 0 Å². The molecule has 404 valence electrons. The number of carbonyl (C=O) groups is 3. The molecule has 0 saturated carbocycles. The van der Waals surface area contributed by atoms with Gasteiger partial charge in [-0.1, -0.05) is 233 Å². The van der Waals surface area contributed by atoms with Gasteiger partial charge < -0.3 is 14.2 Å². The number of hydrogen-bond donors (Lipinski definition) is 0. The molecule has 0 aliphatic carbocycles. The first kappa shape index (κ1) is 67.1. The van der Waals surface area contributed by atoms with Gasteiger partial charge in [-0.05, 0) is 122 Å². The maximum absolute atomic E-state index is 12.9. The summed E-state index contributed by atoms with van der Waals surface area (Å²) in [7, 11) is 0. The van der Waals surface area contributed by atoms with E-state index in [1.165, 1.54) is 116 Å². The Morgan fingerprint density at radius 1 is 0.296 bits per heavy atom. The van der Waals surface area contributed by atoms with Gasteiger partial charge in [0.05, 0.1) is 0 Å². The lowest BCUT2D eigenvalue weighted by Crippen LogP contribution is -2.30. The van der Waals surface area contributed by atoms with Crippen molar-refractivity contribution in [1.29, 1.82) is 0 Å². The molecular formula is C65H108O6. The molecule has 6 nitrogen and oxygen atoms in total. The van der Waals surface area contributed by atoms with Crippen molar-refractivity contribution >= 4 is 17.9 Å². The van der Waals surface area contributed by atoms with Crippen molar-refractivity contribution in [1.82, 2.24) is 0 Å². The third-order valence-electron chi connectivity index (χ3n) is 12.2. The van der Waals surface area contributed by atoms with Gasteiger partial charge in [-0.15, -0.1) is 0 Å². The van der Waals surface area contributed by atoms with Gasteiger partial charge >= 0.3 is 17.9 Å². The lowest BCUT2D eigenvalue weighted by molar-refractivity contribution is -0.167. The molecule has 0 aromatic heterocycles. The van der Waals surface area contributed by atoms with E-state index < -0.39 is 6.10 Å². The highest BCUT2D eigenvalue weighted by atomic mass is 16.6. The lowest BCUT2D eigenvalue weighted by Gasteiger charge is -2.18. The molecule has 0 spiro atoms. The summed E-state index contributed by atoms with van der Waals surface area (Å²) in [6.45, 7) is 6.43. The predicted molar refractivity (Wildman–Crippen MR) is 307 cm³/mol. The minimum atomic E-state index is -0.814. The van der Waals surface area contributed by atoms with Gasteiger partial charge in [0.15, 0.2) is 6.10 Å². The van der Waals surface area contributed by atoms with Crippen LogP contribution in [0, 0.1) is 0 Å². The summed E-state index contributed by atoms with van der Waals surface area (Å²) in [5.74, 6) is -0.987. The van der Waals surface area contributed by atoms with E-state index >= 15 is 0 Å². The number of ether oxygens (including phenoxy) is 3. The first-order valence-corrected chi connectivity index (χ1v) is 29.4. The van der Waals surface area contributed by atoms with Gasteiger partial charge in [-0.25, -0.2) is 0 Å². The Hall–Kier alpha value is -3.93. The summed E-state index contributed by atoms with van der Waals surface area (Å²) in [6, 6.07) is 0. The predicted octanol–water partition coefficient (Wildman–Crippen LogP) is 19.9. The third-order valence-corrected chi connectivity index (χ3v) is 12.2. The highest BCUT2D eigenvalue weighted by Gasteiger charge is 2.19. The zero-order valence-electron chi connectivity index (χ0n) is 46.2. The van der Waals surface area contributed by atoms with Crippen LogP contribution in [0.15, 0.2) is 109 Å². The average molecular weight is 986 g/mol. The summed E-state index contributed by atoms with van der Waals surface area (Å²) < 4.78 is 16.8. The summed E-state index contributed by atoms with van der Waals surface area (Å²) in [5.41, 5.74) is 0. The number of unbranched alkanes of at least 4 members (excludes halogenated alkanes) is 23. The van der Waals surface area contributed by atoms with Gasteiger partial charge in [-0.2, -0.15) is 0 Å². The maximum Gasteiger partial charge on any atom is 0.306 e. The van der Waals surface area contributed by atoms with Crippen LogP contribution in [0.4, 0.5) is 0 Å². The molecule has 0 fully saturated rings. The molecule has 0 aromatic carbocycles. The van der Waals surface area contributed by atoms with E-state index in [2.05, 4.69) is 130 Å². The van der Waals surface area contributed by atoms with Crippen molar-refractivity contribution in [3.05, 3.63) is 109 Å². The quantitative estimate of drug-likeness (QED) is 0.0261. The number of esters is 3. The Balaban J connectivity index is 4.51. The van der Waals surface area contributed by atoms with E-state index in [4.69, 9.17) is 14.2 Å².